The monoisotopic (exact) mass is 427 g/mol. The Labute approximate surface area is 153 Å². The number of pyridine rings is 1. The smallest absolute Gasteiger partial charge is 0.399 e. The lowest BCUT2D eigenvalue weighted by molar-refractivity contribution is -0.137. The number of nitrogens with one attached hydrogen (secondary N) is 2. The summed E-state index contributed by atoms with van der Waals surface area (Å²) in [6, 6.07) is 4.92. The average Bonchev–Trinajstić information content (AvgIpc) is 2.53. The molecule has 0 radical (unpaired) electrons. The van der Waals surface area contributed by atoms with Crippen LogP contribution in [0.2, 0.25) is 0 Å². The molecule has 0 atom stereocenters. The van der Waals surface area contributed by atoms with Crippen LogP contribution in [0.4, 0.5) is 24.7 Å². The molecule has 0 saturated heterocycles. The number of benzene rings is 1. The highest BCUT2D eigenvalue weighted by Crippen LogP contribution is 2.31. The number of nitrogens with two attached hydrogens (primary N) is 1. The number of H-pyrrole nitrogens is 1. The fraction of sp³-hybridized carbons (Fsp3) is 0.188. The molecule has 0 aliphatic heterocycles. The Kier molecular flexibility index (Phi) is 4.61. The Morgan fingerprint density at radius 1 is 1.23 bits per heavy atom. The second-order valence-electron chi connectivity index (χ2n) is 5.64. The van der Waals surface area contributed by atoms with Crippen molar-refractivity contribution in [2.45, 2.75) is 19.6 Å². The van der Waals surface area contributed by atoms with E-state index in [1.165, 1.54) is 6.07 Å². The van der Waals surface area contributed by atoms with Crippen molar-refractivity contribution in [3.63, 3.8) is 0 Å². The summed E-state index contributed by atoms with van der Waals surface area (Å²) in [5.41, 5.74) is 5.12. The molecule has 6 nitrogen and oxygen atoms in total. The number of aromatic amines is 1. The fourth-order valence-corrected chi connectivity index (χ4v) is 2.81. The first-order valence-corrected chi connectivity index (χ1v) is 8.20. The lowest BCUT2D eigenvalue weighted by atomic mass is 10.1. The lowest BCUT2D eigenvalue weighted by Crippen LogP contribution is -2.11. The molecule has 2 heterocycles. The zero-order valence-electron chi connectivity index (χ0n) is 13.4. The number of rotatable bonds is 3. The quantitative estimate of drug-likeness (QED) is 0.554. The number of nitrogen functional groups attached to an aromatic ring is 1. The number of aryl methyl sites for hydroxylation is 1. The molecular weight excluding hydrogens is 415 g/mol. The third kappa shape index (κ3) is 3.79. The van der Waals surface area contributed by atoms with Crippen LogP contribution in [0.25, 0.3) is 11.0 Å². The number of anilines is 2. The van der Waals surface area contributed by atoms with E-state index in [1.54, 1.807) is 13.0 Å². The van der Waals surface area contributed by atoms with Gasteiger partial charge in [0.1, 0.15) is 17.3 Å². The van der Waals surface area contributed by atoms with E-state index in [1.807, 2.05) is 0 Å². The Morgan fingerprint density at radius 2 is 1.96 bits per heavy atom. The molecule has 136 valence electrons. The first kappa shape index (κ1) is 18.2. The van der Waals surface area contributed by atoms with Crippen molar-refractivity contribution < 1.29 is 13.2 Å². The molecule has 0 spiro atoms. The van der Waals surface area contributed by atoms with Crippen molar-refractivity contribution in [1.29, 1.82) is 0 Å². The van der Waals surface area contributed by atoms with E-state index < -0.39 is 11.7 Å². The number of hydrogen-bond acceptors (Lipinski definition) is 5. The van der Waals surface area contributed by atoms with Gasteiger partial charge in [-0.3, -0.25) is 4.79 Å². The number of halogens is 4. The minimum Gasteiger partial charge on any atom is -0.399 e. The van der Waals surface area contributed by atoms with Crippen LogP contribution in [0.1, 0.15) is 17.0 Å². The maximum absolute atomic E-state index is 12.9. The fourth-order valence-electron chi connectivity index (χ4n) is 2.48. The second kappa shape index (κ2) is 6.60. The van der Waals surface area contributed by atoms with Crippen LogP contribution in [0.5, 0.6) is 0 Å². The Morgan fingerprint density at radius 3 is 2.65 bits per heavy atom. The zero-order valence-corrected chi connectivity index (χ0v) is 15.0. The van der Waals surface area contributed by atoms with Gasteiger partial charge >= 0.3 is 6.18 Å². The number of aromatic nitrogens is 3. The summed E-state index contributed by atoms with van der Waals surface area (Å²) in [4.78, 5) is 22.7. The summed E-state index contributed by atoms with van der Waals surface area (Å²) in [7, 11) is 0. The van der Waals surface area contributed by atoms with E-state index in [2.05, 4.69) is 36.2 Å². The first-order valence-electron chi connectivity index (χ1n) is 7.41. The normalized spacial score (nSPS) is 11.7. The third-order valence-corrected chi connectivity index (χ3v) is 4.17. The molecule has 0 fully saturated rings. The van der Waals surface area contributed by atoms with Crippen LogP contribution >= 0.6 is 15.9 Å². The first-order chi connectivity index (χ1) is 12.1. The van der Waals surface area contributed by atoms with E-state index in [9.17, 15) is 18.0 Å². The average molecular weight is 428 g/mol. The number of fused-ring (bicyclic) bond motifs is 1. The van der Waals surface area contributed by atoms with Crippen LogP contribution in [-0.4, -0.2) is 15.0 Å². The molecule has 1 aromatic carbocycles. The number of alkyl halides is 3. The van der Waals surface area contributed by atoms with Gasteiger partial charge in [-0.1, -0.05) is 0 Å². The Balaban J connectivity index is 1.97. The van der Waals surface area contributed by atoms with Crippen LogP contribution in [0.15, 0.2) is 33.5 Å². The van der Waals surface area contributed by atoms with E-state index in [0.717, 1.165) is 12.1 Å². The van der Waals surface area contributed by atoms with Gasteiger partial charge in [-0.25, -0.2) is 9.97 Å². The molecular formula is C16H13BrF3N5O. The number of hydrogen-bond donors (Lipinski definition) is 3. The Bertz CT molecular complexity index is 1050. The van der Waals surface area contributed by atoms with Crippen LogP contribution in [0.3, 0.4) is 0 Å². The lowest BCUT2D eigenvalue weighted by Gasteiger charge is -2.13. The van der Waals surface area contributed by atoms with Crippen molar-refractivity contribution in [2.24, 2.45) is 0 Å². The van der Waals surface area contributed by atoms with Crippen molar-refractivity contribution in [1.82, 2.24) is 15.0 Å². The SMILES string of the molecule is Cc1nc(NCc2cc(N)cc(C(F)(F)F)c2)c2cc(Br)c(=O)[nH]c2n1. The van der Waals surface area contributed by atoms with Crippen molar-refractivity contribution in [3.8, 4) is 0 Å². The molecule has 0 aliphatic carbocycles. The minimum absolute atomic E-state index is 0.0208. The maximum Gasteiger partial charge on any atom is 0.416 e. The van der Waals surface area contributed by atoms with Crippen molar-refractivity contribution in [2.75, 3.05) is 11.1 Å². The molecule has 3 aromatic rings. The summed E-state index contributed by atoms with van der Waals surface area (Å²) in [6.07, 6.45) is -4.48. The molecule has 0 saturated carbocycles. The van der Waals surface area contributed by atoms with E-state index in [0.29, 0.717) is 32.7 Å². The highest BCUT2D eigenvalue weighted by molar-refractivity contribution is 9.10. The van der Waals surface area contributed by atoms with E-state index >= 15 is 0 Å². The topological polar surface area (TPSA) is 96.7 Å². The summed E-state index contributed by atoms with van der Waals surface area (Å²) in [5.74, 6) is 0.793. The van der Waals surface area contributed by atoms with Gasteiger partial charge in [0.15, 0.2) is 0 Å². The predicted molar refractivity (Wildman–Crippen MR) is 95.8 cm³/mol. The third-order valence-electron chi connectivity index (χ3n) is 3.58. The van der Waals surface area contributed by atoms with Crippen LogP contribution < -0.4 is 16.6 Å². The summed E-state index contributed by atoms with van der Waals surface area (Å²) >= 11 is 3.14. The summed E-state index contributed by atoms with van der Waals surface area (Å²) < 4.78 is 39.1. The van der Waals surface area contributed by atoms with Gasteiger partial charge in [0.05, 0.1) is 15.4 Å². The highest BCUT2D eigenvalue weighted by atomic mass is 79.9. The molecule has 2 aromatic heterocycles. The summed E-state index contributed by atoms with van der Waals surface area (Å²) in [5, 5.41) is 3.51. The van der Waals surface area contributed by atoms with Gasteiger partial charge in [0, 0.05) is 12.2 Å². The predicted octanol–water partition coefficient (Wildman–Crippen LogP) is 3.60. The van der Waals surface area contributed by atoms with E-state index in [4.69, 9.17) is 5.73 Å². The molecule has 26 heavy (non-hydrogen) atoms. The van der Waals surface area contributed by atoms with Gasteiger partial charge in [-0.2, -0.15) is 13.2 Å². The highest BCUT2D eigenvalue weighted by Gasteiger charge is 2.31. The van der Waals surface area contributed by atoms with Gasteiger partial charge in [-0.15, -0.1) is 0 Å². The second-order valence-corrected chi connectivity index (χ2v) is 6.50. The molecule has 0 aliphatic rings. The number of nitrogens with zero attached hydrogens (tertiary/aromatic N) is 2. The van der Waals surface area contributed by atoms with Crippen molar-refractivity contribution in [3.05, 3.63) is 56.0 Å². The minimum atomic E-state index is -4.48. The standard InChI is InChI=1S/C16H13BrF3N5O/c1-7-23-13(11-5-12(17)15(26)25-14(11)24-7)22-6-8-2-9(16(18,19)20)4-10(21)3-8/h2-5H,6,21H2,1H3,(H2,22,23,24,25,26). The molecule has 0 amide bonds. The van der Waals surface area contributed by atoms with Gasteiger partial charge in [0.2, 0.25) is 0 Å². The molecule has 0 unspecified atom stereocenters. The van der Waals surface area contributed by atoms with Gasteiger partial charge in [-0.05, 0) is 52.7 Å². The zero-order chi connectivity index (χ0) is 19.1. The molecule has 0 bridgehead atoms. The molecule has 4 N–H and O–H groups in total. The van der Waals surface area contributed by atoms with Gasteiger partial charge in [0.25, 0.3) is 5.56 Å². The molecule has 10 heteroatoms. The maximum atomic E-state index is 12.9. The summed E-state index contributed by atoms with van der Waals surface area (Å²) in [6.45, 7) is 1.71. The van der Waals surface area contributed by atoms with Gasteiger partial charge < -0.3 is 16.0 Å². The Hall–Kier alpha value is -2.62. The largest absolute Gasteiger partial charge is 0.416 e. The van der Waals surface area contributed by atoms with Crippen LogP contribution in [0, 0.1) is 6.92 Å². The van der Waals surface area contributed by atoms with Crippen molar-refractivity contribution >= 4 is 38.5 Å². The molecule has 3 rings (SSSR count). The van der Waals surface area contributed by atoms with E-state index in [-0.39, 0.29) is 17.8 Å². The van der Waals surface area contributed by atoms with Crippen LogP contribution in [-0.2, 0) is 12.7 Å².